The standard InChI is InChI=1S/C15H10BrFN4O5/c1-8-2-4-11(17)10(6-8)14(22)15(16)19-18-12-5-3-9(20(23)24)7-13(12)21(25)26/h2-7,18H,1H3/b19-15+. The zero-order valence-electron chi connectivity index (χ0n) is 13.1. The van der Waals surface area contributed by atoms with Crippen LogP contribution in [0, 0.1) is 33.0 Å². The molecule has 0 unspecified atom stereocenters. The molecule has 134 valence electrons. The fourth-order valence-electron chi connectivity index (χ4n) is 1.96. The number of rotatable bonds is 6. The highest BCUT2D eigenvalue weighted by molar-refractivity contribution is 9.19. The molecule has 0 heterocycles. The molecule has 0 atom stereocenters. The van der Waals surface area contributed by atoms with Crippen LogP contribution in [0.25, 0.3) is 0 Å². The Labute approximate surface area is 153 Å². The van der Waals surface area contributed by atoms with Gasteiger partial charge in [-0.3, -0.25) is 30.4 Å². The fourth-order valence-corrected chi connectivity index (χ4v) is 2.27. The Hall–Kier alpha value is -3.21. The molecule has 0 radical (unpaired) electrons. The Morgan fingerprint density at radius 2 is 1.85 bits per heavy atom. The van der Waals surface area contributed by atoms with E-state index in [9.17, 15) is 29.4 Å². The van der Waals surface area contributed by atoms with Crippen molar-refractivity contribution in [3.63, 3.8) is 0 Å². The van der Waals surface area contributed by atoms with E-state index in [0.29, 0.717) is 5.56 Å². The van der Waals surface area contributed by atoms with Crippen LogP contribution >= 0.6 is 15.9 Å². The van der Waals surface area contributed by atoms with Gasteiger partial charge in [-0.15, -0.1) is 0 Å². The number of ketones is 1. The minimum atomic E-state index is -0.833. The van der Waals surface area contributed by atoms with Crippen molar-refractivity contribution < 1.29 is 19.0 Å². The lowest BCUT2D eigenvalue weighted by molar-refractivity contribution is -0.393. The molecule has 1 N–H and O–H groups in total. The lowest BCUT2D eigenvalue weighted by atomic mass is 10.1. The van der Waals surface area contributed by atoms with Gasteiger partial charge < -0.3 is 0 Å². The smallest absolute Gasteiger partial charge is 0.286 e. The van der Waals surface area contributed by atoms with Crippen molar-refractivity contribution in [2.75, 3.05) is 5.43 Å². The number of nitro benzene ring substituents is 2. The largest absolute Gasteiger partial charge is 0.301 e. The number of carbonyl (C=O) groups is 1. The molecule has 0 saturated heterocycles. The number of hydrogen-bond donors (Lipinski definition) is 1. The Morgan fingerprint density at radius 3 is 2.46 bits per heavy atom. The number of anilines is 1. The van der Waals surface area contributed by atoms with Crippen molar-refractivity contribution in [3.8, 4) is 0 Å². The predicted octanol–water partition coefficient (Wildman–Crippen LogP) is 3.95. The van der Waals surface area contributed by atoms with E-state index in [1.165, 1.54) is 12.1 Å². The molecular formula is C15H10BrFN4O5. The molecule has 0 saturated carbocycles. The van der Waals surface area contributed by atoms with E-state index in [2.05, 4.69) is 26.5 Å². The summed E-state index contributed by atoms with van der Waals surface area (Å²) in [6.07, 6.45) is 0. The number of benzene rings is 2. The van der Waals surface area contributed by atoms with E-state index in [4.69, 9.17) is 0 Å². The highest BCUT2D eigenvalue weighted by atomic mass is 79.9. The quantitative estimate of drug-likeness (QED) is 0.323. The van der Waals surface area contributed by atoms with Crippen LogP contribution in [0.2, 0.25) is 0 Å². The second kappa shape index (κ2) is 7.78. The third-order valence-corrected chi connectivity index (χ3v) is 3.75. The van der Waals surface area contributed by atoms with E-state index in [1.54, 1.807) is 6.92 Å². The summed E-state index contributed by atoms with van der Waals surface area (Å²) >= 11 is 2.89. The van der Waals surface area contributed by atoms with E-state index < -0.39 is 32.8 Å². The Bertz CT molecular complexity index is 948. The predicted molar refractivity (Wildman–Crippen MR) is 95.2 cm³/mol. The lowest BCUT2D eigenvalue weighted by Gasteiger charge is -2.05. The van der Waals surface area contributed by atoms with Crippen molar-refractivity contribution in [1.29, 1.82) is 0 Å². The van der Waals surface area contributed by atoms with Gasteiger partial charge >= 0.3 is 5.69 Å². The maximum absolute atomic E-state index is 13.8. The summed E-state index contributed by atoms with van der Waals surface area (Å²) in [5, 5.41) is 25.4. The SMILES string of the molecule is Cc1ccc(F)c(C(=O)/C(Br)=N\Nc2ccc([N+](=O)[O-])cc2[N+](=O)[O-])c1. The normalized spacial score (nSPS) is 11.1. The zero-order valence-corrected chi connectivity index (χ0v) is 14.7. The van der Waals surface area contributed by atoms with Gasteiger partial charge in [-0.2, -0.15) is 5.10 Å². The Balaban J connectivity index is 2.31. The van der Waals surface area contributed by atoms with Gasteiger partial charge in [0.05, 0.1) is 21.5 Å². The highest BCUT2D eigenvalue weighted by Gasteiger charge is 2.20. The minimum absolute atomic E-state index is 0.171. The molecule has 2 aromatic carbocycles. The minimum Gasteiger partial charge on any atom is -0.286 e. The molecule has 0 spiro atoms. The maximum atomic E-state index is 13.8. The summed E-state index contributed by atoms with van der Waals surface area (Å²) in [5.74, 6) is -1.52. The van der Waals surface area contributed by atoms with E-state index in [1.807, 2.05) is 0 Å². The third-order valence-electron chi connectivity index (χ3n) is 3.22. The number of nitrogens with zero attached hydrogens (tertiary/aromatic N) is 3. The first-order chi connectivity index (χ1) is 12.2. The van der Waals surface area contributed by atoms with Gasteiger partial charge in [0.2, 0.25) is 5.78 Å². The van der Waals surface area contributed by atoms with E-state index in [0.717, 1.165) is 24.3 Å². The van der Waals surface area contributed by atoms with Gasteiger partial charge in [0, 0.05) is 6.07 Å². The van der Waals surface area contributed by atoms with Gasteiger partial charge in [0.25, 0.3) is 5.69 Å². The first kappa shape index (κ1) is 19.1. The van der Waals surface area contributed by atoms with Crippen molar-refractivity contribution >= 4 is 43.4 Å². The van der Waals surface area contributed by atoms with Gasteiger partial charge in [0.1, 0.15) is 11.5 Å². The summed E-state index contributed by atoms with van der Waals surface area (Å²) in [6, 6.07) is 6.85. The van der Waals surface area contributed by atoms with Crippen molar-refractivity contribution in [3.05, 3.63) is 73.6 Å². The number of aryl methyl sites for hydroxylation is 1. The number of carbonyl (C=O) groups excluding carboxylic acids is 1. The number of nitrogens with one attached hydrogen (secondary N) is 1. The molecule has 0 aromatic heterocycles. The number of nitro groups is 2. The summed E-state index contributed by atoms with van der Waals surface area (Å²) < 4.78 is 13.4. The molecule has 9 nitrogen and oxygen atoms in total. The molecule has 26 heavy (non-hydrogen) atoms. The van der Waals surface area contributed by atoms with Crippen LogP contribution in [0.4, 0.5) is 21.5 Å². The highest BCUT2D eigenvalue weighted by Crippen LogP contribution is 2.29. The molecule has 0 aliphatic heterocycles. The summed E-state index contributed by atoms with van der Waals surface area (Å²) in [6.45, 7) is 1.68. The van der Waals surface area contributed by atoms with Crippen LogP contribution in [0.1, 0.15) is 15.9 Å². The molecule has 0 bridgehead atoms. The van der Waals surface area contributed by atoms with Crippen molar-refractivity contribution in [2.45, 2.75) is 6.92 Å². The van der Waals surface area contributed by atoms with Crippen LogP contribution in [0.3, 0.4) is 0 Å². The van der Waals surface area contributed by atoms with Gasteiger partial charge in [-0.25, -0.2) is 4.39 Å². The summed E-state index contributed by atoms with van der Waals surface area (Å²) in [5.41, 5.74) is 1.48. The molecule has 2 rings (SSSR count). The molecule has 0 aliphatic carbocycles. The topological polar surface area (TPSA) is 128 Å². The van der Waals surface area contributed by atoms with Gasteiger partial charge in [-0.1, -0.05) is 11.6 Å². The Kier molecular flexibility index (Phi) is 5.72. The van der Waals surface area contributed by atoms with Crippen LogP contribution in [-0.2, 0) is 0 Å². The number of Topliss-reactive ketones (excluding diaryl/α,β-unsaturated/α-hetero) is 1. The summed E-state index contributed by atoms with van der Waals surface area (Å²) in [7, 11) is 0. The fraction of sp³-hybridized carbons (Fsp3) is 0.0667. The summed E-state index contributed by atoms with van der Waals surface area (Å²) in [4.78, 5) is 32.4. The van der Waals surface area contributed by atoms with Crippen LogP contribution in [0.5, 0.6) is 0 Å². The first-order valence-electron chi connectivity index (χ1n) is 6.93. The number of hydrogen-bond acceptors (Lipinski definition) is 7. The average molecular weight is 425 g/mol. The number of hydrazone groups is 1. The Morgan fingerprint density at radius 1 is 1.15 bits per heavy atom. The zero-order chi connectivity index (χ0) is 19.4. The monoisotopic (exact) mass is 424 g/mol. The van der Waals surface area contributed by atoms with Crippen molar-refractivity contribution in [1.82, 2.24) is 0 Å². The van der Waals surface area contributed by atoms with E-state index in [-0.39, 0.29) is 15.9 Å². The molecule has 0 aliphatic rings. The van der Waals surface area contributed by atoms with Crippen LogP contribution < -0.4 is 5.43 Å². The molecular weight excluding hydrogens is 415 g/mol. The van der Waals surface area contributed by atoms with Crippen molar-refractivity contribution in [2.24, 2.45) is 5.10 Å². The molecule has 0 fully saturated rings. The first-order valence-corrected chi connectivity index (χ1v) is 7.73. The maximum Gasteiger partial charge on any atom is 0.301 e. The average Bonchev–Trinajstić information content (AvgIpc) is 2.60. The second-order valence-electron chi connectivity index (χ2n) is 5.04. The molecule has 2 aromatic rings. The molecule has 11 heteroatoms. The number of halogens is 2. The van der Waals surface area contributed by atoms with Gasteiger partial charge in [-0.05, 0) is 41.1 Å². The van der Waals surface area contributed by atoms with Crippen LogP contribution in [0.15, 0.2) is 41.5 Å². The van der Waals surface area contributed by atoms with E-state index >= 15 is 0 Å². The number of non-ortho nitro benzene ring substituents is 1. The molecule has 0 amide bonds. The van der Waals surface area contributed by atoms with Gasteiger partial charge in [0.15, 0.2) is 4.62 Å². The third kappa shape index (κ3) is 4.25. The second-order valence-corrected chi connectivity index (χ2v) is 5.79. The lowest BCUT2D eigenvalue weighted by Crippen LogP contribution is -2.12. The van der Waals surface area contributed by atoms with Crippen LogP contribution in [-0.4, -0.2) is 20.3 Å².